The van der Waals surface area contributed by atoms with Gasteiger partial charge in [0.1, 0.15) is 5.76 Å². The first-order valence-corrected chi connectivity index (χ1v) is 10.3. The molecule has 0 bridgehead atoms. The Hall–Kier alpha value is -2.58. The fraction of sp³-hybridized carbons (Fsp3) is 0.458. The second-order valence-corrected chi connectivity index (χ2v) is 7.19. The van der Waals surface area contributed by atoms with E-state index in [1.165, 1.54) is 12.0 Å². The predicted molar refractivity (Wildman–Crippen MR) is 122 cm³/mol. The van der Waals surface area contributed by atoms with Gasteiger partial charge in [-0.1, -0.05) is 25.7 Å². The highest BCUT2D eigenvalue weighted by molar-refractivity contribution is 5.72. The lowest BCUT2D eigenvalue weighted by Crippen LogP contribution is -2.40. The van der Waals surface area contributed by atoms with Gasteiger partial charge in [-0.2, -0.15) is 13.2 Å². The summed E-state index contributed by atoms with van der Waals surface area (Å²) in [6, 6.07) is 0. The van der Waals surface area contributed by atoms with E-state index < -0.39 is 18.8 Å². The van der Waals surface area contributed by atoms with Crippen molar-refractivity contribution in [2.75, 3.05) is 20.8 Å². The quantitative estimate of drug-likeness (QED) is 0.256. The summed E-state index contributed by atoms with van der Waals surface area (Å²) < 4.78 is 50.3. The number of hydrogen-bond donors (Lipinski definition) is 1. The van der Waals surface area contributed by atoms with Crippen molar-refractivity contribution in [2.45, 2.75) is 52.0 Å². The highest BCUT2D eigenvalue weighted by Crippen LogP contribution is 2.29. The Kier molecular flexibility index (Phi) is 11.2. The zero-order valence-electron chi connectivity index (χ0n) is 19.3. The number of halogens is 3. The summed E-state index contributed by atoms with van der Waals surface area (Å²) in [7, 11) is 3.03. The number of aliphatic imine (C=N–C) groups is 1. The van der Waals surface area contributed by atoms with E-state index in [4.69, 9.17) is 9.47 Å². The largest absolute Gasteiger partial charge is 0.497 e. The zero-order chi connectivity index (χ0) is 24.3. The lowest BCUT2D eigenvalue weighted by molar-refractivity contribution is -0.206. The summed E-state index contributed by atoms with van der Waals surface area (Å²) in [5.41, 5.74) is 2.73. The Morgan fingerprint density at radius 2 is 2.03 bits per heavy atom. The van der Waals surface area contributed by atoms with Crippen molar-refractivity contribution in [3.63, 3.8) is 0 Å². The Labute approximate surface area is 188 Å². The van der Waals surface area contributed by atoms with E-state index in [2.05, 4.69) is 11.6 Å². The number of ether oxygens (including phenoxy) is 2. The van der Waals surface area contributed by atoms with Gasteiger partial charge in [-0.05, 0) is 50.1 Å². The van der Waals surface area contributed by atoms with Crippen molar-refractivity contribution < 1.29 is 27.8 Å². The van der Waals surface area contributed by atoms with Crippen LogP contribution in [0.3, 0.4) is 0 Å². The van der Waals surface area contributed by atoms with Crippen LogP contribution in [0.25, 0.3) is 0 Å². The minimum atomic E-state index is -4.74. The van der Waals surface area contributed by atoms with Gasteiger partial charge in [0.15, 0.2) is 6.10 Å². The van der Waals surface area contributed by atoms with Gasteiger partial charge >= 0.3 is 6.18 Å². The van der Waals surface area contributed by atoms with Gasteiger partial charge in [0.25, 0.3) is 0 Å². The summed E-state index contributed by atoms with van der Waals surface area (Å²) in [4.78, 5) is 5.79. The zero-order valence-corrected chi connectivity index (χ0v) is 19.3. The maximum absolute atomic E-state index is 13.2. The van der Waals surface area contributed by atoms with E-state index in [1.54, 1.807) is 43.7 Å². The van der Waals surface area contributed by atoms with Gasteiger partial charge in [0.2, 0.25) is 0 Å². The van der Waals surface area contributed by atoms with Crippen LogP contribution < -0.4 is 0 Å². The SMILES string of the molecule is C=C/C=N\C1=CC=C(N(CC(O)C(F)(F)F)/C(=C/C(=C\C(C)OC)OC)CC)CC=C1C. The molecule has 2 atom stereocenters. The van der Waals surface area contributed by atoms with E-state index in [-0.39, 0.29) is 6.10 Å². The van der Waals surface area contributed by atoms with E-state index in [0.29, 0.717) is 35.7 Å². The molecule has 1 N–H and O–H groups in total. The Morgan fingerprint density at radius 3 is 2.56 bits per heavy atom. The molecule has 0 spiro atoms. The van der Waals surface area contributed by atoms with Crippen LogP contribution in [0, 0.1) is 0 Å². The molecule has 1 aliphatic carbocycles. The number of hydrogen-bond acceptors (Lipinski definition) is 5. The smallest absolute Gasteiger partial charge is 0.416 e. The molecule has 0 aromatic carbocycles. The fourth-order valence-corrected chi connectivity index (χ4v) is 2.92. The van der Waals surface area contributed by atoms with E-state index in [0.717, 1.165) is 5.57 Å². The molecule has 178 valence electrons. The molecule has 0 aromatic rings. The third-order valence-electron chi connectivity index (χ3n) is 4.88. The van der Waals surface area contributed by atoms with Crippen LogP contribution in [-0.4, -0.2) is 55.4 Å². The van der Waals surface area contributed by atoms with Crippen molar-refractivity contribution >= 4 is 6.21 Å². The number of nitrogens with zero attached hydrogens (tertiary/aromatic N) is 2. The average molecular weight is 455 g/mol. The lowest BCUT2D eigenvalue weighted by Gasteiger charge is -2.32. The minimum Gasteiger partial charge on any atom is -0.497 e. The summed E-state index contributed by atoms with van der Waals surface area (Å²) in [6.45, 7) is 8.50. The van der Waals surface area contributed by atoms with Crippen LogP contribution in [0.4, 0.5) is 13.2 Å². The number of alkyl halides is 3. The minimum absolute atomic E-state index is 0.246. The molecule has 0 heterocycles. The molecular formula is C24H33F3N2O3. The second kappa shape index (κ2) is 13.1. The molecule has 0 amide bonds. The molecule has 0 aromatic heterocycles. The monoisotopic (exact) mass is 454 g/mol. The molecule has 1 rings (SSSR count). The van der Waals surface area contributed by atoms with Crippen LogP contribution >= 0.6 is 0 Å². The molecule has 0 saturated heterocycles. The molecule has 0 radical (unpaired) electrons. The second-order valence-electron chi connectivity index (χ2n) is 7.19. The molecule has 0 saturated carbocycles. The molecule has 2 unspecified atom stereocenters. The third-order valence-corrected chi connectivity index (χ3v) is 4.88. The predicted octanol–water partition coefficient (Wildman–Crippen LogP) is 5.45. The normalized spacial score (nSPS) is 17.8. The van der Waals surface area contributed by atoms with Gasteiger partial charge in [-0.3, -0.25) is 4.99 Å². The van der Waals surface area contributed by atoms with Gasteiger partial charge in [0, 0.05) is 31.1 Å². The van der Waals surface area contributed by atoms with Gasteiger partial charge < -0.3 is 19.5 Å². The van der Waals surface area contributed by atoms with Gasteiger partial charge in [-0.15, -0.1) is 0 Å². The molecule has 1 aliphatic rings. The van der Waals surface area contributed by atoms with Crippen molar-refractivity contribution in [3.8, 4) is 0 Å². The standard InChI is InChI=1S/C24H33F3N2O3/c1-7-13-28-22-12-11-20(10-9-17(22)3)29(16-23(30)24(25,26)27)19(8-2)15-21(32-6)14-18(4)31-5/h7,9,11-15,18,23,30H,1,8,10,16H2,2-6H3/b19-15+,21-14+,28-13-. The van der Waals surface area contributed by atoms with Crippen LogP contribution in [0.1, 0.15) is 33.6 Å². The average Bonchev–Trinajstić information content (AvgIpc) is 2.93. The summed E-state index contributed by atoms with van der Waals surface area (Å²) in [5.74, 6) is 0.454. The fourth-order valence-electron chi connectivity index (χ4n) is 2.92. The molecule has 32 heavy (non-hydrogen) atoms. The number of rotatable bonds is 11. The topological polar surface area (TPSA) is 54.3 Å². The van der Waals surface area contributed by atoms with Crippen molar-refractivity contribution in [3.05, 3.63) is 71.5 Å². The van der Waals surface area contributed by atoms with Crippen LogP contribution in [0.5, 0.6) is 0 Å². The number of methoxy groups -OCH3 is 2. The molecule has 5 nitrogen and oxygen atoms in total. The third kappa shape index (κ3) is 8.51. The van der Waals surface area contributed by atoms with Crippen LogP contribution in [-0.2, 0) is 9.47 Å². The lowest BCUT2D eigenvalue weighted by atomic mass is 10.1. The summed E-state index contributed by atoms with van der Waals surface area (Å²) in [6.07, 6.45) is 5.14. The summed E-state index contributed by atoms with van der Waals surface area (Å²) in [5, 5.41) is 9.84. The van der Waals surface area contributed by atoms with E-state index in [1.807, 2.05) is 26.8 Å². The Bertz CT molecular complexity index is 821. The molecule has 0 aliphatic heterocycles. The number of aliphatic hydroxyl groups excluding tert-OH is 1. The first kappa shape index (κ1) is 27.5. The summed E-state index contributed by atoms with van der Waals surface area (Å²) >= 11 is 0. The first-order valence-electron chi connectivity index (χ1n) is 10.3. The number of aliphatic hydroxyl groups is 1. The number of allylic oxidation sites excluding steroid dienone is 7. The molecule has 8 heteroatoms. The van der Waals surface area contributed by atoms with Crippen LogP contribution in [0.15, 0.2) is 76.5 Å². The van der Waals surface area contributed by atoms with Crippen molar-refractivity contribution in [2.24, 2.45) is 4.99 Å². The first-order chi connectivity index (χ1) is 15.1. The highest BCUT2D eigenvalue weighted by Gasteiger charge is 2.40. The van der Waals surface area contributed by atoms with Crippen molar-refractivity contribution in [1.29, 1.82) is 0 Å². The van der Waals surface area contributed by atoms with E-state index in [9.17, 15) is 18.3 Å². The highest BCUT2D eigenvalue weighted by atomic mass is 19.4. The maximum Gasteiger partial charge on any atom is 0.416 e. The molecular weight excluding hydrogens is 421 g/mol. The van der Waals surface area contributed by atoms with Gasteiger partial charge in [-0.25, -0.2) is 0 Å². The maximum atomic E-state index is 13.2. The van der Waals surface area contributed by atoms with Crippen molar-refractivity contribution in [1.82, 2.24) is 4.90 Å². The molecule has 0 fully saturated rings. The van der Waals surface area contributed by atoms with Crippen LogP contribution in [0.2, 0.25) is 0 Å². The Morgan fingerprint density at radius 1 is 1.34 bits per heavy atom. The Balaban J connectivity index is 3.50. The van der Waals surface area contributed by atoms with E-state index >= 15 is 0 Å². The van der Waals surface area contributed by atoms with Gasteiger partial charge in [0.05, 0.1) is 25.5 Å².